The lowest BCUT2D eigenvalue weighted by molar-refractivity contribution is -0.0264. The molecule has 28 heavy (non-hydrogen) atoms. The van der Waals surface area contributed by atoms with Gasteiger partial charge in [0, 0.05) is 18.0 Å². The van der Waals surface area contributed by atoms with Crippen molar-refractivity contribution in [1.29, 1.82) is 0 Å². The maximum atomic E-state index is 11.7. The first-order valence-electron chi connectivity index (χ1n) is 9.73. The van der Waals surface area contributed by atoms with E-state index in [0.29, 0.717) is 5.56 Å². The van der Waals surface area contributed by atoms with Gasteiger partial charge in [-0.15, -0.1) is 0 Å². The van der Waals surface area contributed by atoms with E-state index in [1.807, 2.05) is 32.9 Å². The third-order valence-electron chi connectivity index (χ3n) is 5.45. The summed E-state index contributed by atoms with van der Waals surface area (Å²) in [6, 6.07) is 16.9. The van der Waals surface area contributed by atoms with Crippen molar-refractivity contribution in [3.05, 3.63) is 83.9 Å². The van der Waals surface area contributed by atoms with Gasteiger partial charge in [-0.25, -0.2) is 9.97 Å². The number of benzene rings is 2. The first kappa shape index (κ1) is 20.2. The minimum absolute atomic E-state index is 0.142. The molecule has 1 unspecified atom stereocenters. The van der Waals surface area contributed by atoms with Crippen LogP contribution >= 0.6 is 0 Å². The molecular formula is C25H30N2O. The molecule has 0 fully saturated rings. The molecule has 3 aromatic rings. The molecule has 0 spiro atoms. The second-order valence-corrected chi connectivity index (χ2v) is 9.49. The topological polar surface area (TPSA) is 46.0 Å². The number of aliphatic hydroxyl groups is 1. The lowest BCUT2D eigenvalue weighted by Gasteiger charge is -2.40. The third kappa shape index (κ3) is 3.72. The molecule has 146 valence electrons. The van der Waals surface area contributed by atoms with Crippen molar-refractivity contribution < 1.29 is 5.11 Å². The van der Waals surface area contributed by atoms with Crippen LogP contribution in [-0.4, -0.2) is 15.1 Å². The first-order valence-corrected chi connectivity index (χ1v) is 9.73. The van der Waals surface area contributed by atoms with Crippen LogP contribution in [0.5, 0.6) is 0 Å². The number of rotatable bonds is 3. The summed E-state index contributed by atoms with van der Waals surface area (Å²) in [7, 11) is 0. The van der Waals surface area contributed by atoms with E-state index in [-0.39, 0.29) is 5.41 Å². The van der Waals surface area contributed by atoms with Gasteiger partial charge in [0.15, 0.2) is 0 Å². The average molecular weight is 375 g/mol. The summed E-state index contributed by atoms with van der Waals surface area (Å²) in [6.45, 7) is 12.7. The number of nitrogens with zero attached hydrogens (tertiary/aromatic N) is 2. The molecule has 2 aromatic carbocycles. The second-order valence-electron chi connectivity index (χ2n) is 9.49. The van der Waals surface area contributed by atoms with Crippen LogP contribution in [0.1, 0.15) is 58.2 Å². The molecule has 0 saturated carbocycles. The summed E-state index contributed by atoms with van der Waals surface area (Å²) in [4.78, 5) is 8.22. The highest BCUT2D eigenvalue weighted by Gasteiger charge is 2.43. The van der Waals surface area contributed by atoms with Crippen molar-refractivity contribution in [3.63, 3.8) is 0 Å². The van der Waals surface area contributed by atoms with Crippen molar-refractivity contribution in [2.75, 3.05) is 0 Å². The Bertz CT molecular complexity index is 918. The van der Waals surface area contributed by atoms with Crippen LogP contribution in [0.3, 0.4) is 0 Å². The third-order valence-corrected chi connectivity index (χ3v) is 5.45. The van der Waals surface area contributed by atoms with Crippen LogP contribution < -0.4 is 0 Å². The minimum Gasteiger partial charge on any atom is -0.380 e. The van der Waals surface area contributed by atoms with Crippen LogP contribution in [-0.2, 0) is 11.0 Å². The van der Waals surface area contributed by atoms with E-state index in [4.69, 9.17) is 0 Å². The molecule has 1 heterocycles. The van der Waals surface area contributed by atoms with E-state index in [1.165, 1.54) is 17.5 Å². The van der Waals surface area contributed by atoms with Crippen molar-refractivity contribution in [2.45, 2.75) is 52.6 Å². The molecule has 1 atom stereocenters. The normalized spacial score (nSPS) is 14.5. The van der Waals surface area contributed by atoms with Gasteiger partial charge in [-0.05, 0) is 33.1 Å². The second kappa shape index (κ2) is 7.14. The molecule has 0 saturated heterocycles. The lowest BCUT2D eigenvalue weighted by Crippen LogP contribution is -2.41. The predicted molar refractivity (Wildman–Crippen MR) is 115 cm³/mol. The molecule has 3 heteroatoms. The largest absolute Gasteiger partial charge is 0.380 e. The Hall–Kier alpha value is -2.52. The van der Waals surface area contributed by atoms with Gasteiger partial charge in [0.05, 0.1) is 0 Å². The number of hydrogen-bond donors (Lipinski definition) is 1. The highest BCUT2D eigenvalue weighted by molar-refractivity contribution is 5.64. The average Bonchev–Trinajstić information content (AvgIpc) is 2.67. The van der Waals surface area contributed by atoms with Crippen molar-refractivity contribution >= 4 is 0 Å². The zero-order valence-corrected chi connectivity index (χ0v) is 17.7. The van der Waals surface area contributed by atoms with E-state index < -0.39 is 11.0 Å². The van der Waals surface area contributed by atoms with Crippen LogP contribution in [0.4, 0.5) is 0 Å². The molecule has 0 aliphatic heterocycles. The van der Waals surface area contributed by atoms with E-state index in [2.05, 4.69) is 67.1 Å². The van der Waals surface area contributed by atoms with Gasteiger partial charge in [0.1, 0.15) is 11.9 Å². The lowest BCUT2D eigenvalue weighted by atomic mass is 9.69. The van der Waals surface area contributed by atoms with E-state index in [0.717, 1.165) is 11.1 Å². The summed E-state index contributed by atoms with van der Waals surface area (Å²) in [5.74, 6) is 0. The quantitative estimate of drug-likeness (QED) is 0.637. The summed E-state index contributed by atoms with van der Waals surface area (Å²) < 4.78 is 0. The van der Waals surface area contributed by atoms with Gasteiger partial charge in [0.25, 0.3) is 0 Å². The molecule has 0 bridgehead atoms. The van der Waals surface area contributed by atoms with Gasteiger partial charge in [-0.2, -0.15) is 0 Å². The van der Waals surface area contributed by atoms with Crippen LogP contribution in [0.2, 0.25) is 0 Å². The van der Waals surface area contributed by atoms with Crippen LogP contribution in [0.25, 0.3) is 11.1 Å². The molecule has 0 radical (unpaired) electrons. The molecule has 1 N–H and O–H groups in total. The predicted octanol–water partition coefficient (Wildman–Crippen LogP) is 5.72. The minimum atomic E-state index is -1.18. The summed E-state index contributed by atoms with van der Waals surface area (Å²) >= 11 is 0. The van der Waals surface area contributed by atoms with E-state index in [9.17, 15) is 5.11 Å². The Morgan fingerprint density at radius 2 is 1.04 bits per heavy atom. The molecule has 3 rings (SSSR count). The maximum Gasteiger partial charge on any atom is 0.122 e. The van der Waals surface area contributed by atoms with Crippen molar-refractivity contribution in [1.82, 2.24) is 9.97 Å². The Balaban J connectivity index is 1.99. The van der Waals surface area contributed by atoms with Crippen molar-refractivity contribution in [2.24, 2.45) is 5.41 Å². The molecule has 0 amide bonds. The summed E-state index contributed by atoms with van der Waals surface area (Å²) in [5.41, 5.74) is 3.69. The van der Waals surface area contributed by atoms with E-state index >= 15 is 0 Å². The Labute approximate surface area is 168 Å². The molecule has 0 aliphatic rings. The standard InChI is InChI=1S/C25H30N2O/c1-23(2,3)20-11-7-18(8-12-20)19-9-13-21(14-10-19)25(28,24(4,5)6)22-15-26-17-27-16-22/h7-17,28H,1-6H3. The fourth-order valence-electron chi connectivity index (χ4n) is 3.59. The fraction of sp³-hybridized carbons (Fsp3) is 0.360. The van der Waals surface area contributed by atoms with Crippen molar-refractivity contribution in [3.8, 4) is 11.1 Å². The zero-order chi connectivity index (χ0) is 20.6. The Kier molecular flexibility index (Phi) is 5.16. The fourth-order valence-corrected chi connectivity index (χ4v) is 3.59. The molecule has 1 aromatic heterocycles. The molecule has 3 nitrogen and oxygen atoms in total. The number of hydrogen-bond acceptors (Lipinski definition) is 3. The highest BCUT2D eigenvalue weighted by atomic mass is 16.3. The van der Waals surface area contributed by atoms with Crippen LogP contribution in [0, 0.1) is 5.41 Å². The monoisotopic (exact) mass is 374 g/mol. The maximum absolute atomic E-state index is 11.7. The summed E-state index contributed by atoms with van der Waals surface area (Å²) in [5, 5.41) is 11.7. The Morgan fingerprint density at radius 1 is 0.607 bits per heavy atom. The van der Waals surface area contributed by atoms with Gasteiger partial charge < -0.3 is 5.11 Å². The van der Waals surface area contributed by atoms with Crippen LogP contribution in [0.15, 0.2) is 67.3 Å². The zero-order valence-electron chi connectivity index (χ0n) is 17.7. The molecule has 0 aliphatic carbocycles. The molecular weight excluding hydrogens is 344 g/mol. The van der Waals surface area contributed by atoms with Gasteiger partial charge in [-0.3, -0.25) is 0 Å². The highest BCUT2D eigenvalue weighted by Crippen LogP contribution is 2.44. The van der Waals surface area contributed by atoms with Gasteiger partial charge >= 0.3 is 0 Å². The number of aromatic nitrogens is 2. The van der Waals surface area contributed by atoms with E-state index in [1.54, 1.807) is 12.4 Å². The summed E-state index contributed by atoms with van der Waals surface area (Å²) in [6.07, 6.45) is 4.87. The van der Waals surface area contributed by atoms with Gasteiger partial charge in [0.2, 0.25) is 0 Å². The SMILES string of the molecule is CC(C)(C)c1ccc(-c2ccc(C(O)(c3cncnc3)C(C)(C)C)cc2)cc1. The van der Waals surface area contributed by atoms with Gasteiger partial charge in [-0.1, -0.05) is 90.1 Å². The smallest absolute Gasteiger partial charge is 0.122 e. The first-order chi connectivity index (χ1) is 13.0. The Morgan fingerprint density at radius 3 is 1.43 bits per heavy atom.